The largest absolute Gasteiger partial charge is 0.493 e. The zero-order valence-corrected chi connectivity index (χ0v) is 19.0. The predicted octanol–water partition coefficient (Wildman–Crippen LogP) is 3.31. The average Bonchev–Trinajstić information content (AvgIpc) is 3.12. The Labute approximate surface area is 188 Å². The lowest BCUT2D eigenvalue weighted by molar-refractivity contribution is 0.0474. The molecule has 3 rings (SSSR count). The van der Waals surface area contributed by atoms with Gasteiger partial charge < -0.3 is 14.2 Å². The van der Waals surface area contributed by atoms with E-state index in [1.54, 1.807) is 12.1 Å². The number of hydrogen-bond acceptors (Lipinski definition) is 7. The summed E-state index contributed by atoms with van der Waals surface area (Å²) >= 11 is 0. The first kappa shape index (κ1) is 23.7. The summed E-state index contributed by atoms with van der Waals surface area (Å²) in [7, 11) is -0.644. The third kappa shape index (κ3) is 5.46. The molecule has 1 fully saturated rings. The van der Waals surface area contributed by atoms with E-state index in [1.807, 2.05) is 0 Å². The van der Waals surface area contributed by atoms with Crippen molar-refractivity contribution in [2.24, 2.45) is 0 Å². The van der Waals surface area contributed by atoms with Crippen LogP contribution in [0, 0.1) is 0 Å². The summed E-state index contributed by atoms with van der Waals surface area (Å²) in [5, 5.41) is 0. The molecule has 0 amide bonds. The molecule has 0 aromatic heterocycles. The van der Waals surface area contributed by atoms with Gasteiger partial charge in [-0.2, -0.15) is 4.31 Å². The van der Waals surface area contributed by atoms with E-state index in [1.165, 1.54) is 48.9 Å². The van der Waals surface area contributed by atoms with E-state index < -0.39 is 28.4 Å². The van der Waals surface area contributed by atoms with Crippen molar-refractivity contribution >= 4 is 21.8 Å². The van der Waals surface area contributed by atoms with Crippen LogP contribution in [0.3, 0.4) is 0 Å². The molecule has 9 heteroatoms. The highest BCUT2D eigenvalue weighted by molar-refractivity contribution is 7.89. The van der Waals surface area contributed by atoms with Gasteiger partial charge in [0.25, 0.3) is 0 Å². The minimum absolute atomic E-state index is 0.136. The molecule has 0 saturated carbocycles. The number of carbonyl (C=O) groups is 2. The van der Waals surface area contributed by atoms with Crippen molar-refractivity contribution in [2.45, 2.75) is 30.6 Å². The molecule has 0 bridgehead atoms. The molecule has 1 saturated heterocycles. The van der Waals surface area contributed by atoms with Crippen molar-refractivity contribution in [1.29, 1.82) is 0 Å². The first-order chi connectivity index (χ1) is 15.4. The zero-order valence-electron chi connectivity index (χ0n) is 18.2. The standard InChI is InChI=1S/C23H27NO7S/c1-29-21-12-9-18(15-22(21)30-2)20(25)16-31-23(26)17-7-10-19(11-8-17)32(27,28)24-13-5-3-4-6-14-24/h7-12,15H,3-6,13-14,16H2,1-2H3. The van der Waals surface area contributed by atoms with E-state index in [-0.39, 0.29) is 10.5 Å². The average molecular weight is 462 g/mol. The number of ether oxygens (including phenoxy) is 3. The van der Waals surface area contributed by atoms with Crippen molar-refractivity contribution in [3.05, 3.63) is 53.6 Å². The summed E-state index contributed by atoms with van der Waals surface area (Å²) in [5.74, 6) is -0.237. The normalized spacial score (nSPS) is 14.9. The lowest BCUT2D eigenvalue weighted by atomic mass is 10.1. The topological polar surface area (TPSA) is 99.2 Å². The van der Waals surface area contributed by atoms with Gasteiger partial charge in [-0.1, -0.05) is 12.8 Å². The molecule has 32 heavy (non-hydrogen) atoms. The van der Waals surface area contributed by atoms with E-state index in [4.69, 9.17) is 14.2 Å². The fourth-order valence-corrected chi connectivity index (χ4v) is 5.02. The van der Waals surface area contributed by atoms with Gasteiger partial charge >= 0.3 is 5.97 Å². The molecule has 2 aromatic rings. The molecule has 0 radical (unpaired) electrons. The highest BCUT2D eigenvalue weighted by Crippen LogP contribution is 2.27. The van der Waals surface area contributed by atoms with Crippen LogP contribution in [0.1, 0.15) is 46.4 Å². The van der Waals surface area contributed by atoms with Crippen LogP contribution in [0.2, 0.25) is 0 Å². The molecule has 0 unspecified atom stereocenters. The van der Waals surface area contributed by atoms with Crippen molar-refractivity contribution in [2.75, 3.05) is 33.9 Å². The van der Waals surface area contributed by atoms with Crippen LogP contribution in [-0.2, 0) is 14.8 Å². The Morgan fingerprint density at radius 2 is 1.44 bits per heavy atom. The molecule has 1 heterocycles. The molecule has 1 aliphatic rings. The van der Waals surface area contributed by atoms with Crippen molar-refractivity contribution in [3.63, 3.8) is 0 Å². The first-order valence-corrected chi connectivity index (χ1v) is 11.8. The second-order valence-electron chi connectivity index (χ2n) is 7.41. The van der Waals surface area contributed by atoms with E-state index >= 15 is 0 Å². The van der Waals surface area contributed by atoms with Crippen molar-refractivity contribution in [3.8, 4) is 11.5 Å². The number of methoxy groups -OCH3 is 2. The number of benzene rings is 2. The van der Waals surface area contributed by atoms with E-state index in [0.29, 0.717) is 30.2 Å². The molecule has 1 aliphatic heterocycles. The fraction of sp³-hybridized carbons (Fsp3) is 0.391. The maximum Gasteiger partial charge on any atom is 0.338 e. The molecular weight excluding hydrogens is 434 g/mol. The van der Waals surface area contributed by atoms with Gasteiger partial charge in [-0.15, -0.1) is 0 Å². The van der Waals surface area contributed by atoms with Crippen LogP contribution in [0.5, 0.6) is 11.5 Å². The smallest absolute Gasteiger partial charge is 0.338 e. The molecule has 2 aromatic carbocycles. The Hall–Kier alpha value is -2.91. The van der Waals surface area contributed by atoms with Gasteiger partial charge in [0.05, 0.1) is 24.7 Å². The lowest BCUT2D eigenvalue weighted by Crippen LogP contribution is -2.31. The minimum Gasteiger partial charge on any atom is -0.493 e. The maximum absolute atomic E-state index is 12.8. The Morgan fingerprint density at radius 1 is 0.844 bits per heavy atom. The second-order valence-corrected chi connectivity index (χ2v) is 9.35. The van der Waals surface area contributed by atoms with Gasteiger partial charge in [-0.05, 0) is 55.3 Å². The summed E-state index contributed by atoms with van der Waals surface area (Å²) in [6.07, 6.45) is 3.74. The zero-order chi connectivity index (χ0) is 23.1. The van der Waals surface area contributed by atoms with Crippen LogP contribution in [-0.4, -0.2) is 58.4 Å². The summed E-state index contributed by atoms with van der Waals surface area (Å²) < 4.78 is 42.6. The Balaban J connectivity index is 1.63. The van der Waals surface area contributed by atoms with Gasteiger partial charge in [0.15, 0.2) is 23.9 Å². The summed E-state index contributed by atoms with van der Waals surface area (Å²) in [6, 6.07) is 10.2. The molecule has 172 valence electrons. The van der Waals surface area contributed by atoms with Crippen LogP contribution >= 0.6 is 0 Å². The maximum atomic E-state index is 12.8. The number of rotatable bonds is 8. The number of sulfonamides is 1. The highest BCUT2D eigenvalue weighted by atomic mass is 32.2. The number of carbonyl (C=O) groups excluding carboxylic acids is 2. The number of ketones is 1. The third-order valence-corrected chi connectivity index (χ3v) is 7.25. The van der Waals surface area contributed by atoms with Crippen molar-refractivity contribution < 1.29 is 32.2 Å². The number of Topliss-reactive ketones (excluding diaryl/α,β-unsaturated/α-hetero) is 1. The van der Waals surface area contributed by atoms with E-state index in [0.717, 1.165) is 25.7 Å². The Bertz CT molecular complexity index is 1060. The summed E-state index contributed by atoms with van der Waals surface area (Å²) in [4.78, 5) is 24.8. The number of hydrogen-bond donors (Lipinski definition) is 0. The number of nitrogens with zero attached hydrogens (tertiary/aromatic N) is 1. The fourth-order valence-electron chi connectivity index (χ4n) is 3.50. The lowest BCUT2D eigenvalue weighted by Gasteiger charge is -2.19. The monoisotopic (exact) mass is 461 g/mol. The van der Waals surface area contributed by atoms with Crippen molar-refractivity contribution in [1.82, 2.24) is 4.31 Å². The van der Waals surface area contributed by atoms with Gasteiger partial charge in [0.1, 0.15) is 0 Å². The Morgan fingerprint density at radius 3 is 2.03 bits per heavy atom. The minimum atomic E-state index is -3.60. The summed E-state index contributed by atoms with van der Waals surface area (Å²) in [6.45, 7) is 0.552. The van der Waals surface area contributed by atoms with Crippen LogP contribution in [0.15, 0.2) is 47.4 Å². The SMILES string of the molecule is COc1ccc(C(=O)COC(=O)c2ccc(S(=O)(=O)N3CCCCCC3)cc2)cc1OC. The van der Waals surface area contributed by atoms with E-state index in [2.05, 4.69) is 0 Å². The first-order valence-electron chi connectivity index (χ1n) is 10.4. The van der Waals surface area contributed by atoms with Crippen LogP contribution < -0.4 is 9.47 Å². The molecule has 0 aliphatic carbocycles. The molecule has 0 N–H and O–H groups in total. The third-order valence-electron chi connectivity index (χ3n) is 5.33. The molecule has 0 spiro atoms. The van der Waals surface area contributed by atoms with Gasteiger partial charge in [-0.25, -0.2) is 13.2 Å². The number of esters is 1. The highest BCUT2D eigenvalue weighted by Gasteiger charge is 2.25. The van der Waals surface area contributed by atoms with Gasteiger partial charge in [0, 0.05) is 18.7 Å². The second kappa shape index (κ2) is 10.6. The molecule has 8 nitrogen and oxygen atoms in total. The van der Waals surface area contributed by atoms with Crippen LogP contribution in [0.4, 0.5) is 0 Å². The quantitative estimate of drug-likeness (QED) is 0.439. The molecular formula is C23H27NO7S. The molecule has 0 atom stereocenters. The summed E-state index contributed by atoms with van der Waals surface area (Å²) in [5.41, 5.74) is 0.481. The van der Waals surface area contributed by atoms with E-state index in [9.17, 15) is 18.0 Å². The Kier molecular flexibility index (Phi) is 7.87. The van der Waals surface area contributed by atoms with Gasteiger partial charge in [-0.3, -0.25) is 4.79 Å². The van der Waals surface area contributed by atoms with Gasteiger partial charge in [0.2, 0.25) is 10.0 Å². The van der Waals surface area contributed by atoms with Crippen LogP contribution in [0.25, 0.3) is 0 Å². The predicted molar refractivity (Wildman–Crippen MR) is 118 cm³/mol.